The van der Waals surface area contributed by atoms with Crippen molar-refractivity contribution in [1.82, 2.24) is 0 Å². The summed E-state index contributed by atoms with van der Waals surface area (Å²) in [5.41, 5.74) is 4.59. The zero-order valence-electron chi connectivity index (χ0n) is 15.6. The molecule has 140 valence electrons. The number of aliphatic carboxylic acids is 1. The molecular weight excluding hydrogens is 348 g/mol. The Morgan fingerprint density at radius 2 is 2.00 bits per heavy atom. The molecule has 1 fully saturated rings. The van der Waals surface area contributed by atoms with Gasteiger partial charge in [-0.1, -0.05) is 42.8 Å². The van der Waals surface area contributed by atoms with Crippen LogP contribution in [0.15, 0.2) is 66.3 Å². The number of carbonyl (C=O) groups is 1. The van der Waals surface area contributed by atoms with Crippen LogP contribution in [0.25, 0.3) is 6.08 Å². The largest absolute Gasteiger partial charge is 0.477 e. The average molecular weight is 370 g/mol. The van der Waals surface area contributed by atoms with Crippen molar-refractivity contribution in [2.24, 2.45) is 5.92 Å². The zero-order chi connectivity index (χ0) is 19.5. The molecule has 2 atom stereocenters. The van der Waals surface area contributed by atoms with E-state index < -0.39 is 5.97 Å². The van der Waals surface area contributed by atoms with Crippen molar-refractivity contribution in [1.29, 1.82) is 5.26 Å². The van der Waals surface area contributed by atoms with E-state index in [1.807, 2.05) is 6.08 Å². The molecule has 1 heterocycles. The Kier molecular flexibility index (Phi) is 4.99. The average Bonchev–Trinajstić information content (AvgIpc) is 3.17. The maximum absolute atomic E-state index is 10.9. The topological polar surface area (TPSA) is 64.3 Å². The Hall–Kier alpha value is -3.32. The van der Waals surface area contributed by atoms with Crippen LogP contribution in [-0.2, 0) is 11.2 Å². The molecule has 0 saturated heterocycles. The van der Waals surface area contributed by atoms with Crippen LogP contribution < -0.4 is 4.90 Å². The van der Waals surface area contributed by atoms with Crippen molar-refractivity contribution in [3.05, 3.63) is 77.4 Å². The normalized spacial score (nSPS) is 21.2. The first-order valence-corrected chi connectivity index (χ1v) is 9.66. The predicted molar refractivity (Wildman–Crippen MR) is 110 cm³/mol. The highest BCUT2D eigenvalue weighted by Gasteiger charge is 2.38. The van der Waals surface area contributed by atoms with Crippen molar-refractivity contribution < 1.29 is 9.90 Å². The van der Waals surface area contributed by atoms with E-state index in [1.54, 1.807) is 12.1 Å². The third kappa shape index (κ3) is 3.44. The molecule has 4 nitrogen and oxygen atoms in total. The molecule has 1 saturated carbocycles. The fraction of sp³-hybridized carbons (Fsp3) is 0.250. The summed E-state index contributed by atoms with van der Waals surface area (Å²) >= 11 is 0. The van der Waals surface area contributed by atoms with Crippen LogP contribution in [0.1, 0.15) is 30.4 Å². The van der Waals surface area contributed by atoms with E-state index in [2.05, 4.69) is 53.4 Å². The summed E-state index contributed by atoms with van der Waals surface area (Å²) in [5, 5.41) is 17.8. The van der Waals surface area contributed by atoms with Crippen molar-refractivity contribution in [3.63, 3.8) is 0 Å². The first-order chi connectivity index (χ1) is 13.7. The highest BCUT2D eigenvalue weighted by atomic mass is 16.4. The first kappa shape index (κ1) is 18.1. The Morgan fingerprint density at radius 1 is 1.18 bits per heavy atom. The summed E-state index contributed by atoms with van der Waals surface area (Å²) in [5.74, 6) is -0.535. The third-order valence-electron chi connectivity index (χ3n) is 5.73. The van der Waals surface area contributed by atoms with Crippen molar-refractivity contribution in [2.45, 2.75) is 31.7 Å². The number of allylic oxidation sites excluding steroid dienone is 2. The molecular formula is C24H22N2O2. The van der Waals surface area contributed by atoms with Gasteiger partial charge in [-0.2, -0.15) is 5.26 Å². The van der Waals surface area contributed by atoms with Gasteiger partial charge in [-0.15, -0.1) is 0 Å². The molecule has 1 aliphatic heterocycles. The lowest BCUT2D eigenvalue weighted by molar-refractivity contribution is -0.132. The van der Waals surface area contributed by atoms with Gasteiger partial charge in [0.05, 0.1) is 0 Å². The molecule has 0 aromatic heterocycles. The molecule has 28 heavy (non-hydrogen) atoms. The monoisotopic (exact) mass is 370 g/mol. The van der Waals surface area contributed by atoms with E-state index in [9.17, 15) is 4.79 Å². The minimum Gasteiger partial charge on any atom is -0.477 e. The molecule has 2 aliphatic rings. The van der Waals surface area contributed by atoms with Gasteiger partial charge >= 0.3 is 5.97 Å². The number of fused-ring (bicyclic) bond motifs is 2. The summed E-state index contributed by atoms with van der Waals surface area (Å²) in [6.45, 7) is 0. The fourth-order valence-corrected chi connectivity index (χ4v) is 4.50. The van der Waals surface area contributed by atoms with Crippen LogP contribution in [-0.4, -0.2) is 17.1 Å². The SMILES string of the molecule is N#CC(=CC=Cc1ccc2c(c1)CC1CCCC1N2c1ccccc1)C(=O)O. The van der Waals surface area contributed by atoms with Gasteiger partial charge in [0.15, 0.2) is 0 Å². The van der Waals surface area contributed by atoms with Crippen LogP contribution >= 0.6 is 0 Å². The molecule has 4 rings (SSSR count). The minimum atomic E-state index is -1.21. The van der Waals surface area contributed by atoms with E-state index in [0.717, 1.165) is 12.0 Å². The van der Waals surface area contributed by atoms with Gasteiger partial charge < -0.3 is 10.0 Å². The second kappa shape index (κ2) is 7.74. The number of carboxylic acid groups (broad SMARTS) is 1. The maximum atomic E-state index is 10.9. The molecule has 2 unspecified atom stereocenters. The molecule has 0 amide bonds. The summed E-state index contributed by atoms with van der Waals surface area (Å²) in [7, 11) is 0. The Morgan fingerprint density at radius 3 is 2.75 bits per heavy atom. The number of anilines is 2. The van der Waals surface area contributed by atoms with Crippen LogP contribution in [0.5, 0.6) is 0 Å². The van der Waals surface area contributed by atoms with Gasteiger partial charge in [-0.25, -0.2) is 4.79 Å². The predicted octanol–water partition coefficient (Wildman–Crippen LogP) is 5.10. The summed E-state index contributed by atoms with van der Waals surface area (Å²) < 4.78 is 0. The Labute approximate surface area is 165 Å². The Balaban J connectivity index is 1.67. The highest BCUT2D eigenvalue weighted by molar-refractivity contribution is 5.91. The van der Waals surface area contributed by atoms with E-state index in [1.165, 1.54) is 42.3 Å². The number of nitrogens with zero attached hydrogens (tertiary/aromatic N) is 2. The fourth-order valence-electron chi connectivity index (χ4n) is 4.50. The van der Waals surface area contributed by atoms with Gasteiger partial charge in [0.1, 0.15) is 11.6 Å². The van der Waals surface area contributed by atoms with Gasteiger partial charge in [-0.3, -0.25) is 0 Å². The maximum Gasteiger partial charge on any atom is 0.346 e. The van der Waals surface area contributed by atoms with Gasteiger partial charge in [0.25, 0.3) is 0 Å². The van der Waals surface area contributed by atoms with Crippen LogP contribution in [0.2, 0.25) is 0 Å². The van der Waals surface area contributed by atoms with Gasteiger partial charge in [0, 0.05) is 17.4 Å². The molecule has 0 spiro atoms. The number of rotatable bonds is 4. The van der Waals surface area contributed by atoms with Crippen molar-refractivity contribution in [2.75, 3.05) is 4.90 Å². The second-order valence-electron chi connectivity index (χ2n) is 7.41. The number of benzene rings is 2. The van der Waals surface area contributed by atoms with E-state index >= 15 is 0 Å². The summed E-state index contributed by atoms with van der Waals surface area (Å²) in [4.78, 5) is 13.4. The minimum absolute atomic E-state index is 0.265. The molecule has 2 aromatic carbocycles. The van der Waals surface area contributed by atoms with Crippen molar-refractivity contribution >= 4 is 23.4 Å². The van der Waals surface area contributed by atoms with Crippen molar-refractivity contribution in [3.8, 4) is 6.07 Å². The van der Waals surface area contributed by atoms with E-state index in [0.29, 0.717) is 12.0 Å². The number of hydrogen-bond acceptors (Lipinski definition) is 3. The van der Waals surface area contributed by atoms with Crippen LogP contribution in [0.4, 0.5) is 11.4 Å². The quantitative estimate of drug-likeness (QED) is 0.462. The number of para-hydroxylation sites is 1. The molecule has 4 heteroatoms. The number of nitriles is 1. The molecule has 0 radical (unpaired) electrons. The van der Waals surface area contributed by atoms with Crippen LogP contribution in [0.3, 0.4) is 0 Å². The molecule has 0 bridgehead atoms. The van der Waals surface area contributed by atoms with Crippen LogP contribution in [0, 0.1) is 17.2 Å². The lowest BCUT2D eigenvalue weighted by Gasteiger charge is -2.41. The standard InChI is InChI=1S/C24H22N2O2/c25-16-19(24(27)28)8-4-6-17-12-13-23-20(14-17)15-18-7-5-11-22(18)26(23)21-9-2-1-3-10-21/h1-4,6,8-10,12-14,18,22H,5,7,11,15H2,(H,27,28). The summed E-state index contributed by atoms with van der Waals surface area (Å²) in [6.07, 6.45) is 9.68. The lowest BCUT2D eigenvalue weighted by atomic mass is 9.86. The second-order valence-corrected chi connectivity index (χ2v) is 7.41. The Bertz CT molecular complexity index is 985. The first-order valence-electron chi connectivity index (χ1n) is 9.66. The van der Waals surface area contributed by atoms with Gasteiger partial charge in [0.2, 0.25) is 0 Å². The molecule has 2 aromatic rings. The van der Waals surface area contributed by atoms with E-state index in [-0.39, 0.29) is 5.57 Å². The lowest BCUT2D eigenvalue weighted by Crippen LogP contribution is -2.39. The molecule has 1 aliphatic carbocycles. The zero-order valence-corrected chi connectivity index (χ0v) is 15.6. The highest BCUT2D eigenvalue weighted by Crippen LogP contribution is 2.45. The summed E-state index contributed by atoms with van der Waals surface area (Å²) in [6, 6.07) is 19.3. The van der Waals surface area contributed by atoms with E-state index in [4.69, 9.17) is 10.4 Å². The number of hydrogen-bond donors (Lipinski definition) is 1. The van der Waals surface area contributed by atoms with Gasteiger partial charge in [-0.05, 0) is 66.6 Å². The number of carboxylic acids is 1. The smallest absolute Gasteiger partial charge is 0.346 e. The molecule has 1 N–H and O–H groups in total. The third-order valence-corrected chi connectivity index (χ3v) is 5.73.